The Hall–Kier alpha value is -0.990. The van der Waals surface area contributed by atoms with E-state index in [4.69, 9.17) is 14.2 Å². The van der Waals surface area contributed by atoms with Gasteiger partial charge < -0.3 is 29.7 Å². The highest BCUT2D eigenvalue weighted by molar-refractivity contribution is 5.73. The maximum absolute atomic E-state index is 13.4. The van der Waals surface area contributed by atoms with E-state index >= 15 is 0 Å². The van der Waals surface area contributed by atoms with Gasteiger partial charge in [0.25, 0.3) is 0 Å². The molecule has 7 heteroatoms. The molecule has 3 N–H and O–H groups in total. The number of ether oxygens (including phenoxy) is 3. The average molecular weight is 660 g/mol. The maximum atomic E-state index is 13.4. The summed E-state index contributed by atoms with van der Waals surface area (Å²) in [4.78, 5) is 13.4. The smallest absolute Gasteiger partial charge is 0.307 e. The molecule has 0 aromatic heterocycles. The topological polar surface area (TPSA) is 97.3 Å². The first-order valence-corrected chi connectivity index (χ1v) is 18.9. The van der Waals surface area contributed by atoms with Crippen molar-refractivity contribution in [1.29, 1.82) is 0 Å². The van der Waals surface area contributed by atoms with Crippen molar-refractivity contribution in [3.8, 4) is 0 Å². The van der Waals surface area contributed by atoms with Crippen LogP contribution in [0.4, 0.5) is 0 Å². The lowest BCUT2D eigenvalue weighted by molar-refractivity contribution is -0.270. The predicted octanol–water partition coefficient (Wildman–Crippen LogP) is 7.36. The van der Waals surface area contributed by atoms with Crippen LogP contribution in [0.1, 0.15) is 114 Å². The molecule has 1 heterocycles. The largest absolute Gasteiger partial charge is 0.481 e. The second kappa shape index (κ2) is 13.0. The van der Waals surface area contributed by atoms with E-state index in [-0.39, 0.29) is 57.3 Å². The van der Waals surface area contributed by atoms with Gasteiger partial charge in [-0.1, -0.05) is 74.0 Å². The molecule has 12 atom stereocenters. The first-order valence-electron chi connectivity index (χ1n) is 18.9. The van der Waals surface area contributed by atoms with Crippen molar-refractivity contribution < 1.29 is 29.2 Å². The molecule has 270 valence electrons. The van der Waals surface area contributed by atoms with Crippen LogP contribution in [0, 0.1) is 62.6 Å². The molecule has 5 aliphatic rings. The Morgan fingerprint density at radius 3 is 2.38 bits per heavy atom. The zero-order chi connectivity index (χ0) is 34.8. The molecule has 3 saturated carbocycles. The van der Waals surface area contributed by atoms with Gasteiger partial charge in [0.15, 0.2) is 0 Å². The molecular weight excluding hydrogens is 590 g/mol. The number of fused-ring (bicyclic) bond motifs is 3. The molecular formula is C40H69NO6. The number of rotatable bonds is 12. The van der Waals surface area contributed by atoms with Crippen LogP contribution in [0.2, 0.25) is 0 Å². The summed E-state index contributed by atoms with van der Waals surface area (Å²) >= 11 is 0. The fourth-order valence-corrected chi connectivity index (χ4v) is 12.2. The van der Waals surface area contributed by atoms with E-state index in [1.165, 1.54) is 0 Å². The molecule has 47 heavy (non-hydrogen) atoms. The van der Waals surface area contributed by atoms with Crippen LogP contribution in [0.5, 0.6) is 0 Å². The first-order chi connectivity index (χ1) is 21.9. The predicted molar refractivity (Wildman–Crippen MR) is 187 cm³/mol. The van der Waals surface area contributed by atoms with E-state index in [9.17, 15) is 15.0 Å². The highest BCUT2D eigenvalue weighted by Gasteiger charge is 2.71. The number of aliphatic carboxylic acids is 1. The third-order valence-corrected chi connectivity index (χ3v) is 16.1. The van der Waals surface area contributed by atoms with Crippen molar-refractivity contribution in [2.24, 2.45) is 62.6 Å². The van der Waals surface area contributed by atoms with Gasteiger partial charge in [0, 0.05) is 30.1 Å². The Balaban J connectivity index is 1.50. The SMILES string of the molecule is CO[C@@H]1C[C@@]23COC[C@@](C)([C@@H]2CC[C@H]2C3=CC[C@@]3(C)[C@H](C(=O)O)[C@@](C)([C@H](C)C(C)C)CC[C@]23C)[C@H]1OC[C@](C)(NCCCO)C(C)C. The monoisotopic (exact) mass is 660 g/mol. The number of carboxylic acids is 1. The molecule has 0 unspecified atom stereocenters. The van der Waals surface area contributed by atoms with E-state index < -0.39 is 5.97 Å². The molecule has 2 bridgehead atoms. The molecule has 4 aliphatic carbocycles. The third-order valence-electron chi connectivity index (χ3n) is 16.1. The Kier molecular flexibility index (Phi) is 10.3. The van der Waals surface area contributed by atoms with Gasteiger partial charge in [-0.25, -0.2) is 0 Å². The third kappa shape index (κ3) is 5.50. The van der Waals surface area contributed by atoms with Crippen molar-refractivity contribution in [3.63, 3.8) is 0 Å². The zero-order valence-corrected chi connectivity index (χ0v) is 31.7. The van der Waals surface area contributed by atoms with Crippen LogP contribution in [0.15, 0.2) is 11.6 Å². The summed E-state index contributed by atoms with van der Waals surface area (Å²) in [5.41, 5.74) is 0.342. The summed E-state index contributed by atoms with van der Waals surface area (Å²) in [6, 6.07) is 0. The highest BCUT2D eigenvalue weighted by Crippen LogP contribution is 2.75. The van der Waals surface area contributed by atoms with Gasteiger partial charge in [0.05, 0.1) is 37.9 Å². The lowest BCUT2D eigenvalue weighted by atomic mass is 9.34. The summed E-state index contributed by atoms with van der Waals surface area (Å²) in [5.74, 6) is 0.902. The van der Waals surface area contributed by atoms with E-state index in [0.717, 1.165) is 51.5 Å². The van der Waals surface area contributed by atoms with E-state index in [0.29, 0.717) is 49.4 Å². The fraction of sp³-hybridized carbons (Fsp3) is 0.925. The number of aliphatic hydroxyl groups excluding tert-OH is 1. The number of hydrogen-bond donors (Lipinski definition) is 3. The van der Waals surface area contributed by atoms with Gasteiger partial charge in [0.1, 0.15) is 0 Å². The number of allylic oxidation sites excluding steroid dienone is 1. The summed E-state index contributed by atoms with van der Waals surface area (Å²) in [5, 5.41) is 24.1. The van der Waals surface area contributed by atoms with Gasteiger partial charge >= 0.3 is 5.97 Å². The second-order valence-electron chi connectivity index (χ2n) is 18.6. The Bertz CT molecular complexity index is 1190. The number of carboxylic acid groups (broad SMARTS) is 1. The lowest BCUT2D eigenvalue weighted by Crippen LogP contribution is -2.70. The minimum absolute atomic E-state index is 0.0527. The molecule has 0 spiro atoms. The minimum Gasteiger partial charge on any atom is -0.481 e. The second-order valence-corrected chi connectivity index (χ2v) is 18.6. The fourth-order valence-electron chi connectivity index (χ4n) is 12.2. The van der Waals surface area contributed by atoms with Gasteiger partial charge in [-0.05, 0) is 104 Å². The highest BCUT2D eigenvalue weighted by atomic mass is 16.5. The van der Waals surface area contributed by atoms with Crippen molar-refractivity contribution in [3.05, 3.63) is 11.6 Å². The van der Waals surface area contributed by atoms with Crippen LogP contribution >= 0.6 is 0 Å². The molecule has 7 nitrogen and oxygen atoms in total. The average Bonchev–Trinajstić information content (AvgIpc) is 3.00. The Labute approximate surface area is 286 Å². The van der Waals surface area contributed by atoms with Crippen molar-refractivity contribution in [2.45, 2.75) is 132 Å². The van der Waals surface area contributed by atoms with Gasteiger partial charge in [0.2, 0.25) is 0 Å². The number of carbonyl (C=O) groups is 1. The number of methoxy groups -OCH3 is 1. The van der Waals surface area contributed by atoms with Crippen molar-refractivity contribution >= 4 is 5.97 Å². The van der Waals surface area contributed by atoms with Crippen LogP contribution in [-0.2, 0) is 19.0 Å². The summed E-state index contributed by atoms with van der Waals surface area (Å²) < 4.78 is 20.1. The van der Waals surface area contributed by atoms with Gasteiger partial charge in [-0.3, -0.25) is 4.79 Å². The number of nitrogens with one attached hydrogen (secondary N) is 1. The molecule has 4 fully saturated rings. The van der Waals surface area contributed by atoms with Crippen molar-refractivity contribution in [2.75, 3.05) is 40.1 Å². The number of aliphatic hydroxyl groups is 1. The first kappa shape index (κ1) is 37.3. The maximum Gasteiger partial charge on any atom is 0.307 e. The molecule has 0 radical (unpaired) electrons. The van der Waals surface area contributed by atoms with E-state index in [1.54, 1.807) is 5.57 Å². The molecule has 1 aliphatic heterocycles. The Morgan fingerprint density at radius 1 is 1.09 bits per heavy atom. The van der Waals surface area contributed by atoms with Crippen LogP contribution in [0.25, 0.3) is 0 Å². The summed E-state index contributed by atoms with van der Waals surface area (Å²) in [6.45, 7) is 25.9. The van der Waals surface area contributed by atoms with Crippen LogP contribution < -0.4 is 5.32 Å². The minimum atomic E-state index is -0.609. The molecule has 0 aromatic rings. The molecule has 1 saturated heterocycles. The summed E-state index contributed by atoms with van der Waals surface area (Å²) in [6.07, 6.45) is 9.02. The quantitative estimate of drug-likeness (QED) is 0.149. The number of hydrogen-bond acceptors (Lipinski definition) is 6. The lowest BCUT2D eigenvalue weighted by Gasteiger charge is -2.71. The molecule has 0 amide bonds. The zero-order valence-electron chi connectivity index (χ0n) is 31.7. The van der Waals surface area contributed by atoms with Crippen LogP contribution in [-0.4, -0.2) is 74.0 Å². The van der Waals surface area contributed by atoms with Crippen LogP contribution in [0.3, 0.4) is 0 Å². The van der Waals surface area contributed by atoms with Gasteiger partial charge in [-0.2, -0.15) is 0 Å². The normalized spacial score (nSPS) is 45.0. The molecule has 0 aromatic carbocycles. The van der Waals surface area contributed by atoms with E-state index in [1.807, 2.05) is 7.11 Å². The summed E-state index contributed by atoms with van der Waals surface area (Å²) in [7, 11) is 1.85. The molecule has 5 rings (SSSR count). The Morgan fingerprint density at radius 2 is 1.79 bits per heavy atom. The van der Waals surface area contributed by atoms with Gasteiger partial charge in [-0.15, -0.1) is 0 Å². The van der Waals surface area contributed by atoms with E-state index in [2.05, 4.69) is 80.6 Å². The van der Waals surface area contributed by atoms with Crippen molar-refractivity contribution in [1.82, 2.24) is 5.32 Å². The standard InChI is InChI=1S/C40H69NO6/c1-25(2)27(5)35(6)17-18-37(8)28-13-14-31-36(7)22-46-24-40(31,29(28)15-16-38(37,9)32(35)34(43)44)21-30(45-11)33(36)47-23-39(10,26(3)4)41-19-12-20-42/h15,25-28,30-33,41-42H,12-14,16-24H2,1-11H3,(H,43,44)/t27-,28+,30-,31+,32-,33+,35-,36+,37-,38+,39+,40+/m1/s1.